The first-order chi connectivity index (χ1) is 29.2. The van der Waals surface area contributed by atoms with Crippen LogP contribution in [0.3, 0.4) is 0 Å². The summed E-state index contributed by atoms with van der Waals surface area (Å²) in [4.78, 5) is 49.2. The van der Waals surface area contributed by atoms with Crippen LogP contribution in [0.15, 0.2) is 121 Å². The third-order valence-corrected chi connectivity index (χ3v) is 10.5. The summed E-state index contributed by atoms with van der Waals surface area (Å²) in [5, 5.41) is 15.3. The Morgan fingerprint density at radius 3 is 1.63 bits per heavy atom. The van der Waals surface area contributed by atoms with Gasteiger partial charge in [-0.05, 0) is 92.5 Å². The van der Waals surface area contributed by atoms with E-state index in [2.05, 4.69) is 84.4 Å². The SMILES string of the molecule is CC/C=C\C/C=C\C/C=C\C/C=C\C/C=C\C/C=C\CCC(=O)NCCSSCCNC(=O)Oc1ccc(/C=C/C(=O)CC(=O)/C=C/c2ccc(O)c(OC)c2)cc1OC. The molecule has 10 nitrogen and oxygen atoms in total. The molecule has 0 spiro atoms. The first kappa shape index (κ1) is 50.7. The number of methoxy groups -OCH3 is 2. The third kappa shape index (κ3) is 25.1. The molecule has 0 aliphatic heterocycles. The summed E-state index contributed by atoms with van der Waals surface area (Å²) in [6.45, 7) is 3.10. The fourth-order valence-electron chi connectivity index (χ4n) is 4.96. The molecule has 0 saturated heterocycles. The van der Waals surface area contributed by atoms with Crippen LogP contribution < -0.4 is 24.8 Å². The normalized spacial score (nSPS) is 12.1. The third-order valence-electron chi connectivity index (χ3n) is 8.05. The maximum absolute atomic E-state index is 12.4. The van der Waals surface area contributed by atoms with Gasteiger partial charge >= 0.3 is 6.09 Å². The Hall–Kier alpha value is -5.46. The van der Waals surface area contributed by atoms with Gasteiger partial charge in [0.25, 0.3) is 0 Å². The number of hydrogen-bond donors (Lipinski definition) is 3. The minimum atomic E-state index is -0.631. The molecular weight excluding hydrogens is 797 g/mol. The molecule has 2 aromatic rings. The lowest BCUT2D eigenvalue weighted by molar-refractivity contribution is -0.122. The summed E-state index contributed by atoms with van der Waals surface area (Å²) in [7, 11) is 6.07. The van der Waals surface area contributed by atoms with Gasteiger partial charge in [-0.15, -0.1) is 0 Å². The fraction of sp³-hybridized carbons (Fsp3) is 0.333. The van der Waals surface area contributed by atoms with Crippen LogP contribution >= 0.6 is 21.6 Å². The van der Waals surface area contributed by atoms with Crippen LogP contribution in [-0.2, 0) is 14.4 Å². The minimum Gasteiger partial charge on any atom is -0.504 e. The topological polar surface area (TPSA) is 140 Å². The van der Waals surface area contributed by atoms with Crippen molar-refractivity contribution in [2.45, 2.75) is 64.7 Å². The molecule has 322 valence electrons. The highest BCUT2D eigenvalue weighted by Crippen LogP contribution is 2.29. The van der Waals surface area contributed by atoms with Crippen LogP contribution in [0.2, 0.25) is 0 Å². The molecule has 0 bridgehead atoms. The molecule has 60 heavy (non-hydrogen) atoms. The molecule has 12 heteroatoms. The van der Waals surface area contributed by atoms with E-state index >= 15 is 0 Å². The molecule has 0 aromatic heterocycles. The molecule has 0 radical (unpaired) electrons. The number of carbonyl (C=O) groups is 4. The van der Waals surface area contributed by atoms with E-state index in [0.717, 1.165) is 44.3 Å². The molecule has 0 saturated carbocycles. The lowest BCUT2D eigenvalue weighted by atomic mass is 10.1. The number of ether oxygens (including phenoxy) is 3. The van der Waals surface area contributed by atoms with E-state index < -0.39 is 6.09 Å². The standard InChI is InChI=1S/C48H60N2O8S2/c1-4-5-6-7-8-9-10-11-12-13-14-15-16-17-18-19-20-21-22-23-47(54)49-32-34-59-60-35-33-50-48(55)58-44-31-27-40(37-46(44)57-3)25-29-42(52)38-41(51)28-24-39-26-30-43(53)45(36-39)56-2/h5-6,8-9,11-12,14-15,17-18,20-21,24-31,36-37,53H,4,7,10,13,16,19,22-23,32-35,38H2,1-3H3,(H,49,54)(H,50,55)/b6-5-,9-8-,12-11-,15-14-,18-17-,21-20-,28-24+,29-25+. The van der Waals surface area contributed by atoms with Crippen molar-refractivity contribution in [3.05, 3.63) is 133 Å². The number of nitrogens with one attached hydrogen (secondary N) is 2. The minimum absolute atomic E-state index is 0.0126. The number of ketones is 2. The van der Waals surface area contributed by atoms with Gasteiger partial charge in [0, 0.05) is 31.0 Å². The summed E-state index contributed by atoms with van der Waals surface area (Å²) >= 11 is 0. The van der Waals surface area contributed by atoms with Gasteiger partial charge in [0.1, 0.15) is 0 Å². The molecule has 0 aliphatic rings. The molecular formula is C48H60N2O8S2. The van der Waals surface area contributed by atoms with E-state index in [1.807, 2.05) is 6.08 Å². The number of phenolic OH excluding ortho intramolecular Hbond substituents is 1. The van der Waals surface area contributed by atoms with Gasteiger partial charge < -0.3 is 30.0 Å². The number of phenols is 1. The zero-order valence-corrected chi connectivity index (χ0v) is 36.6. The van der Waals surface area contributed by atoms with Gasteiger partial charge in [0.05, 0.1) is 20.6 Å². The molecule has 2 amide bonds. The molecule has 2 rings (SSSR count). The monoisotopic (exact) mass is 856 g/mol. The van der Waals surface area contributed by atoms with Gasteiger partial charge in [0.15, 0.2) is 34.6 Å². The number of carbonyl (C=O) groups excluding carboxylic acids is 4. The van der Waals surface area contributed by atoms with Crippen molar-refractivity contribution < 1.29 is 38.5 Å². The zero-order valence-electron chi connectivity index (χ0n) is 35.0. The van der Waals surface area contributed by atoms with E-state index in [4.69, 9.17) is 14.2 Å². The second kappa shape index (κ2) is 33.4. The van der Waals surface area contributed by atoms with E-state index in [1.165, 1.54) is 32.4 Å². The zero-order chi connectivity index (χ0) is 43.5. The van der Waals surface area contributed by atoms with E-state index in [0.29, 0.717) is 48.6 Å². The van der Waals surface area contributed by atoms with E-state index in [9.17, 15) is 24.3 Å². The molecule has 0 aliphatic carbocycles. The van der Waals surface area contributed by atoms with Crippen LogP contribution in [0.4, 0.5) is 4.79 Å². The first-order valence-electron chi connectivity index (χ1n) is 20.1. The van der Waals surface area contributed by atoms with Crippen molar-refractivity contribution in [1.82, 2.24) is 10.6 Å². The van der Waals surface area contributed by atoms with Crippen molar-refractivity contribution in [1.29, 1.82) is 0 Å². The van der Waals surface area contributed by atoms with Crippen LogP contribution in [0, 0.1) is 0 Å². The highest BCUT2D eigenvalue weighted by atomic mass is 33.1. The van der Waals surface area contributed by atoms with Crippen molar-refractivity contribution in [2.24, 2.45) is 0 Å². The van der Waals surface area contributed by atoms with Gasteiger partial charge in [-0.3, -0.25) is 14.4 Å². The summed E-state index contributed by atoms with van der Waals surface area (Å²) in [5.41, 5.74) is 1.25. The van der Waals surface area contributed by atoms with Gasteiger partial charge in [-0.2, -0.15) is 0 Å². The lowest BCUT2D eigenvalue weighted by Gasteiger charge is -2.11. The molecule has 2 aromatic carbocycles. The second-order valence-corrected chi connectivity index (χ2v) is 15.6. The summed E-state index contributed by atoms with van der Waals surface area (Å²) in [6, 6.07) is 9.49. The average Bonchev–Trinajstić information content (AvgIpc) is 3.24. The largest absolute Gasteiger partial charge is 0.504 e. The molecule has 3 N–H and O–H groups in total. The van der Waals surface area contributed by atoms with Gasteiger partial charge in [0.2, 0.25) is 5.91 Å². The van der Waals surface area contributed by atoms with Crippen molar-refractivity contribution in [2.75, 3.05) is 38.8 Å². The predicted octanol–water partition coefficient (Wildman–Crippen LogP) is 10.7. The quantitative estimate of drug-likeness (QED) is 0.0229. The Bertz CT molecular complexity index is 1860. The van der Waals surface area contributed by atoms with Crippen LogP contribution in [0.5, 0.6) is 23.0 Å². The predicted molar refractivity (Wildman–Crippen MR) is 250 cm³/mol. The number of allylic oxidation sites excluding steroid dienone is 14. The number of benzene rings is 2. The molecule has 0 fully saturated rings. The highest BCUT2D eigenvalue weighted by Gasteiger charge is 2.11. The van der Waals surface area contributed by atoms with Gasteiger partial charge in [-0.1, -0.05) is 126 Å². The van der Waals surface area contributed by atoms with Crippen molar-refractivity contribution in [3.63, 3.8) is 0 Å². The van der Waals surface area contributed by atoms with Crippen molar-refractivity contribution >= 4 is 57.3 Å². The summed E-state index contributed by atoms with van der Waals surface area (Å²) in [5.74, 6) is 1.43. The van der Waals surface area contributed by atoms with Crippen LogP contribution in [-0.4, -0.2) is 67.5 Å². The number of hydrogen-bond acceptors (Lipinski definition) is 10. The Morgan fingerprint density at radius 2 is 1.10 bits per heavy atom. The molecule has 0 atom stereocenters. The number of aromatic hydroxyl groups is 1. The maximum Gasteiger partial charge on any atom is 0.412 e. The number of amides is 2. The Morgan fingerprint density at radius 1 is 0.617 bits per heavy atom. The Balaban J connectivity index is 1.52. The van der Waals surface area contributed by atoms with Crippen LogP contribution in [0.1, 0.15) is 75.8 Å². The molecule has 0 heterocycles. The Kier molecular flexibility index (Phi) is 28.2. The van der Waals surface area contributed by atoms with Crippen molar-refractivity contribution in [3.8, 4) is 23.0 Å². The van der Waals surface area contributed by atoms with Crippen LogP contribution in [0.25, 0.3) is 12.2 Å². The first-order valence-corrected chi connectivity index (χ1v) is 22.6. The van der Waals surface area contributed by atoms with Gasteiger partial charge in [-0.25, -0.2) is 4.79 Å². The summed E-state index contributed by atoms with van der Waals surface area (Å²) in [6.07, 6.45) is 37.6. The Labute approximate surface area is 364 Å². The average molecular weight is 857 g/mol. The molecule has 0 unspecified atom stereocenters. The lowest BCUT2D eigenvalue weighted by Crippen LogP contribution is -2.29. The summed E-state index contributed by atoms with van der Waals surface area (Å²) < 4.78 is 15.8. The second-order valence-electron chi connectivity index (χ2n) is 12.9. The van der Waals surface area contributed by atoms with E-state index in [1.54, 1.807) is 64.1 Å². The smallest absolute Gasteiger partial charge is 0.412 e. The highest BCUT2D eigenvalue weighted by molar-refractivity contribution is 8.76. The van der Waals surface area contributed by atoms with E-state index in [-0.39, 0.29) is 41.1 Å². The maximum atomic E-state index is 12.4. The fourth-order valence-corrected chi connectivity index (χ4v) is 6.77. The number of rotatable bonds is 30.